The Morgan fingerprint density at radius 1 is 0.385 bits per heavy atom. The van der Waals surface area contributed by atoms with E-state index in [1.807, 2.05) is 0 Å². The Morgan fingerprint density at radius 3 is 0.872 bits per heavy atom. The molecule has 0 saturated heterocycles. The van der Waals surface area contributed by atoms with Crippen molar-refractivity contribution in [2.45, 2.75) is 206 Å². The number of aryl methyl sites for hydroxylation is 2. The van der Waals surface area contributed by atoms with Crippen molar-refractivity contribution < 1.29 is 0 Å². The van der Waals surface area contributed by atoms with E-state index in [0.29, 0.717) is 0 Å². The average molecular weight is 541 g/mol. The normalized spacial score (nSPS) is 11.5. The summed E-state index contributed by atoms with van der Waals surface area (Å²) in [7, 11) is 0. The molecule has 0 aromatic carbocycles. The van der Waals surface area contributed by atoms with Gasteiger partial charge >= 0.3 is 0 Å². The molecule has 1 nitrogen and oxygen atoms in total. The summed E-state index contributed by atoms with van der Waals surface area (Å²) in [5.41, 5.74) is 3.72. The first-order valence-corrected chi connectivity index (χ1v) is 18.1. The van der Waals surface area contributed by atoms with Crippen LogP contribution in [0.5, 0.6) is 0 Å². The Balaban J connectivity index is 1.95. The predicted molar refractivity (Wildman–Crippen MR) is 177 cm³/mol. The second kappa shape index (κ2) is 28.7. The zero-order chi connectivity index (χ0) is 28.1. The molecule has 0 atom stereocenters. The van der Waals surface area contributed by atoms with Gasteiger partial charge in [0.15, 0.2) is 0 Å². The van der Waals surface area contributed by atoms with Crippen molar-refractivity contribution in [2.75, 3.05) is 0 Å². The molecule has 0 aliphatic carbocycles. The van der Waals surface area contributed by atoms with Crippen LogP contribution in [0.25, 0.3) is 0 Å². The molecule has 0 bridgehead atoms. The fraction of sp³-hybridized carbons (Fsp3) is 0.842. The second-order valence-electron chi connectivity index (χ2n) is 12.7. The summed E-state index contributed by atoms with van der Waals surface area (Å²) >= 11 is 0. The van der Waals surface area contributed by atoms with Crippen molar-refractivity contribution in [3.8, 4) is 0 Å². The van der Waals surface area contributed by atoms with Gasteiger partial charge in [-0.25, -0.2) is 0 Å². The van der Waals surface area contributed by atoms with Crippen molar-refractivity contribution >= 4 is 0 Å². The standard InChI is InChI=1S/C38H70N/c1-4-6-8-10-12-14-16-18-20-22-24-26-28-30-32-37-34-36(3)35-38(39-37)33-31-29-27-25-23-21-19-17-15-13-11-9-7-5-2/h34-35H,3-33H2,1-2H3. The maximum Gasteiger partial charge on any atom is 0.0409 e. The summed E-state index contributed by atoms with van der Waals surface area (Å²) in [6, 6.07) is 4.44. The largest absolute Gasteiger partial charge is 0.258 e. The van der Waals surface area contributed by atoms with Crippen LogP contribution in [-0.4, -0.2) is 4.98 Å². The van der Waals surface area contributed by atoms with Gasteiger partial charge in [0.05, 0.1) is 0 Å². The van der Waals surface area contributed by atoms with Gasteiger partial charge in [-0.15, -0.1) is 0 Å². The van der Waals surface area contributed by atoms with Gasteiger partial charge in [0.1, 0.15) is 0 Å². The van der Waals surface area contributed by atoms with Crippen LogP contribution in [0.1, 0.15) is 211 Å². The lowest BCUT2D eigenvalue weighted by Gasteiger charge is -2.08. The maximum absolute atomic E-state index is 4.99. The first-order valence-electron chi connectivity index (χ1n) is 18.1. The Kier molecular flexibility index (Phi) is 26.6. The van der Waals surface area contributed by atoms with Crippen molar-refractivity contribution in [1.29, 1.82) is 0 Å². The van der Waals surface area contributed by atoms with Crippen LogP contribution < -0.4 is 0 Å². The molecule has 1 heterocycles. The number of hydrogen-bond acceptors (Lipinski definition) is 1. The van der Waals surface area contributed by atoms with E-state index >= 15 is 0 Å². The molecule has 0 N–H and O–H groups in total. The molecule has 0 aliphatic heterocycles. The topological polar surface area (TPSA) is 12.9 Å². The predicted octanol–water partition coefficient (Wildman–Crippen LogP) is 13.3. The van der Waals surface area contributed by atoms with Gasteiger partial charge in [-0.3, -0.25) is 4.98 Å². The first kappa shape index (κ1) is 36.2. The molecule has 1 aromatic rings. The van der Waals surface area contributed by atoms with Crippen molar-refractivity contribution in [1.82, 2.24) is 4.98 Å². The van der Waals surface area contributed by atoms with E-state index in [4.69, 9.17) is 4.98 Å². The maximum atomic E-state index is 4.99. The van der Waals surface area contributed by atoms with E-state index in [-0.39, 0.29) is 0 Å². The van der Waals surface area contributed by atoms with Gasteiger partial charge in [0.25, 0.3) is 0 Å². The molecule has 0 unspecified atom stereocenters. The first-order chi connectivity index (χ1) is 19.3. The Labute approximate surface area is 247 Å². The fourth-order valence-corrected chi connectivity index (χ4v) is 5.98. The number of hydrogen-bond donors (Lipinski definition) is 0. The quantitative estimate of drug-likeness (QED) is 0.0884. The molecule has 0 spiro atoms. The molecule has 1 heteroatoms. The summed E-state index contributed by atoms with van der Waals surface area (Å²) in [5.74, 6) is 0. The van der Waals surface area contributed by atoms with Gasteiger partial charge < -0.3 is 0 Å². The lowest BCUT2D eigenvalue weighted by Crippen LogP contribution is -1.98. The third kappa shape index (κ3) is 24.7. The van der Waals surface area contributed by atoms with E-state index in [1.165, 1.54) is 191 Å². The van der Waals surface area contributed by atoms with Crippen LogP contribution in [-0.2, 0) is 12.8 Å². The van der Waals surface area contributed by atoms with Crippen LogP contribution in [0.4, 0.5) is 0 Å². The molecule has 0 amide bonds. The molecule has 1 aromatic heterocycles. The molecule has 1 radical (unpaired) electrons. The van der Waals surface area contributed by atoms with E-state index in [9.17, 15) is 0 Å². The third-order valence-corrected chi connectivity index (χ3v) is 8.56. The summed E-state index contributed by atoms with van der Waals surface area (Å²) < 4.78 is 0. The van der Waals surface area contributed by atoms with Gasteiger partial charge in [0.2, 0.25) is 0 Å². The zero-order valence-electron chi connectivity index (χ0n) is 27.0. The highest BCUT2D eigenvalue weighted by molar-refractivity contribution is 5.24. The summed E-state index contributed by atoms with van der Waals surface area (Å²) in [4.78, 5) is 4.99. The molecule has 0 saturated carbocycles. The van der Waals surface area contributed by atoms with Gasteiger partial charge in [-0.1, -0.05) is 181 Å². The van der Waals surface area contributed by atoms with Crippen LogP contribution in [0.15, 0.2) is 12.1 Å². The van der Waals surface area contributed by atoms with Crippen LogP contribution >= 0.6 is 0 Å². The Bertz CT molecular complexity index is 571. The van der Waals surface area contributed by atoms with Crippen molar-refractivity contribution in [2.24, 2.45) is 0 Å². The highest BCUT2D eigenvalue weighted by Crippen LogP contribution is 2.17. The van der Waals surface area contributed by atoms with Crippen LogP contribution in [0, 0.1) is 6.92 Å². The minimum atomic E-state index is 1.13. The van der Waals surface area contributed by atoms with Crippen LogP contribution in [0.3, 0.4) is 0 Å². The van der Waals surface area contributed by atoms with E-state index in [2.05, 4.69) is 32.9 Å². The number of aromatic nitrogens is 1. The fourth-order valence-electron chi connectivity index (χ4n) is 5.98. The van der Waals surface area contributed by atoms with Gasteiger partial charge in [-0.05, 0) is 50.3 Å². The van der Waals surface area contributed by atoms with Crippen molar-refractivity contribution in [3.63, 3.8) is 0 Å². The minimum Gasteiger partial charge on any atom is -0.258 e. The molecule has 0 aliphatic rings. The molecule has 1 rings (SSSR count). The van der Waals surface area contributed by atoms with Gasteiger partial charge in [0, 0.05) is 11.4 Å². The Hall–Kier alpha value is -0.850. The highest BCUT2D eigenvalue weighted by atomic mass is 14.7. The lowest BCUT2D eigenvalue weighted by molar-refractivity contribution is 0.534. The SMILES string of the molecule is [CH2]c1cc(CCCCCCCCCCCCCCCC)nc(CCCCCCCCCCCCCCCC)c1. The average Bonchev–Trinajstić information content (AvgIpc) is 2.93. The molecule has 0 fully saturated rings. The number of pyridine rings is 1. The number of unbranched alkanes of at least 4 members (excludes halogenated alkanes) is 26. The monoisotopic (exact) mass is 541 g/mol. The number of rotatable bonds is 30. The molecular weight excluding hydrogens is 470 g/mol. The second-order valence-corrected chi connectivity index (χ2v) is 12.7. The zero-order valence-corrected chi connectivity index (χ0v) is 27.0. The smallest absolute Gasteiger partial charge is 0.0409 e. The Morgan fingerprint density at radius 2 is 0.615 bits per heavy atom. The molecule has 227 valence electrons. The summed E-state index contributed by atoms with van der Waals surface area (Å²) in [6.45, 7) is 8.84. The molecular formula is C38H70N. The minimum absolute atomic E-state index is 1.13. The number of nitrogens with zero attached hydrogens (tertiary/aromatic N) is 1. The summed E-state index contributed by atoms with van der Waals surface area (Å²) in [6.07, 6.45) is 42.0. The van der Waals surface area contributed by atoms with Crippen LogP contribution in [0.2, 0.25) is 0 Å². The van der Waals surface area contributed by atoms with E-state index < -0.39 is 0 Å². The molecule has 39 heavy (non-hydrogen) atoms. The third-order valence-electron chi connectivity index (χ3n) is 8.56. The lowest BCUT2D eigenvalue weighted by atomic mass is 10.0. The van der Waals surface area contributed by atoms with Gasteiger partial charge in [-0.2, -0.15) is 0 Å². The van der Waals surface area contributed by atoms with E-state index in [1.54, 1.807) is 0 Å². The highest BCUT2D eigenvalue weighted by Gasteiger charge is 2.03. The summed E-state index contributed by atoms with van der Waals surface area (Å²) in [5, 5.41) is 0. The van der Waals surface area contributed by atoms with Crippen molar-refractivity contribution in [3.05, 3.63) is 36.0 Å². The van der Waals surface area contributed by atoms with E-state index in [0.717, 1.165) is 18.4 Å².